The molecule has 3 nitrogen and oxygen atoms in total. The third-order valence-electron chi connectivity index (χ3n) is 16.8. The predicted octanol–water partition coefficient (Wildman–Crippen LogP) is 12.2. The average molecular weight is 653 g/mol. The van der Waals surface area contributed by atoms with Gasteiger partial charge in [-0.2, -0.15) is 0 Å². The van der Waals surface area contributed by atoms with Crippen LogP contribution in [0.1, 0.15) is 190 Å². The number of hydrogen-bond acceptors (Lipinski definition) is 3. The molecule has 0 bridgehead atoms. The first-order valence-electron chi connectivity index (χ1n) is 20.7. The predicted molar refractivity (Wildman–Crippen MR) is 197 cm³/mol. The monoisotopic (exact) mass is 653 g/mol. The van der Waals surface area contributed by atoms with Gasteiger partial charge in [0, 0.05) is 11.8 Å². The Bertz CT molecular complexity index is 1090. The van der Waals surface area contributed by atoms with E-state index < -0.39 is 0 Å². The topological polar surface area (TPSA) is 46.5 Å². The van der Waals surface area contributed by atoms with E-state index in [-0.39, 0.29) is 45.3 Å². The molecule has 47 heavy (non-hydrogen) atoms. The summed E-state index contributed by atoms with van der Waals surface area (Å²) in [6, 6.07) is 0. The molecule has 0 amide bonds. The van der Waals surface area contributed by atoms with E-state index in [9.17, 15) is 9.90 Å². The van der Waals surface area contributed by atoms with E-state index in [1.165, 1.54) is 95.5 Å². The van der Waals surface area contributed by atoms with Gasteiger partial charge in [-0.05, 0) is 122 Å². The maximum absolute atomic E-state index is 13.1. The minimum absolute atomic E-state index is 0.0139. The molecular weight excluding hydrogens is 576 g/mol. The van der Waals surface area contributed by atoms with Crippen molar-refractivity contribution in [3.8, 4) is 0 Å². The summed E-state index contributed by atoms with van der Waals surface area (Å²) in [5.41, 5.74) is 1.98. The van der Waals surface area contributed by atoms with E-state index in [2.05, 4.69) is 62.0 Å². The van der Waals surface area contributed by atoms with E-state index in [0.717, 1.165) is 38.5 Å². The number of rotatable bonds is 14. The minimum Gasteiger partial charge on any atom is -0.462 e. The van der Waals surface area contributed by atoms with Gasteiger partial charge in [0.1, 0.15) is 6.10 Å². The Balaban J connectivity index is 1.18. The number of hydrogen-bond donors (Lipinski definition) is 1. The van der Waals surface area contributed by atoms with Crippen LogP contribution in [0.2, 0.25) is 0 Å². The van der Waals surface area contributed by atoms with Crippen LogP contribution in [0.3, 0.4) is 0 Å². The van der Waals surface area contributed by atoms with Crippen molar-refractivity contribution in [3.63, 3.8) is 0 Å². The molecule has 0 unspecified atom stereocenters. The molecule has 5 fully saturated rings. The normalized spacial score (nSPS) is 43.7. The number of unbranched alkanes of at least 4 members (excludes halogenated alkanes) is 10. The van der Waals surface area contributed by atoms with Crippen molar-refractivity contribution in [1.29, 1.82) is 0 Å². The quantitative estimate of drug-likeness (QED) is 0.115. The van der Waals surface area contributed by atoms with Crippen molar-refractivity contribution in [2.24, 2.45) is 56.7 Å². The van der Waals surface area contributed by atoms with Crippen LogP contribution in [0.25, 0.3) is 0 Å². The maximum Gasteiger partial charge on any atom is 0.306 e. The molecule has 5 rings (SSSR count). The fraction of sp³-hybridized carbons (Fsp3) is 0.932. The van der Waals surface area contributed by atoms with Gasteiger partial charge in [0.2, 0.25) is 0 Å². The van der Waals surface area contributed by atoms with Crippen molar-refractivity contribution in [3.05, 3.63) is 12.2 Å². The Labute approximate surface area is 291 Å². The van der Waals surface area contributed by atoms with Crippen molar-refractivity contribution < 1.29 is 14.6 Å². The third kappa shape index (κ3) is 6.57. The van der Waals surface area contributed by atoms with Crippen molar-refractivity contribution in [1.82, 2.24) is 0 Å². The summed E-state index contributed by atoms with van der Waals surface area (Å²) >= 11 is 0. The minimum atomic E-state index is -0.217. The molecule has 0 aliphatic heterocycles. The second-order valence-electron chi connectivity index (χ2n) is 19.5. The van der Waals surface area contributed by atoms with Crippen LogP contribution in [0.15, 0.2) is 12.2 Å². The number of carbonyl (C=O) groups excluding carboxylic acids is 1. The smallest absolute Gasteiger partial charge is 0.306 e. The van der Waals surface area contributed by atoms with E-state index in [4.69, 9.17) is 4.74 Å². The third-order valence-corrected chi connectivity index (χ3v) is 16.8. The molecule has 5 aliphatic carbocycles. The van der Waals surface area contributed by atoms with Crippen LogP contribution in [0.4, 0.5) is 0 Å². The highest BCUT2D eigenvalue weighted by Gasteiger charge is 2.72. The zero-order valence-corrected chi connectivity index (χ0v) is 32.4. The van der Waals surface area contributed by atoms with Crippen LogP contribution in [0.5, 0.6) is 0 Å². The zero-order chi connectivity index (χ0) is 34.3. The van der Waals surface area contributed by atoms with E-state index >= 15 is 0 Å². The van der Waals surface area contributed by atoms with Gasteiger partial charge >= 0.3 is 5.97 Å². The number of aliphatic hydroxyl groups excluding tert-OH is 1. The van der Waals surface area contributed by atoms with Crippen molar-refractivity contribution >= 4 is 5.97 Å². The van der Waals surface area contributed by atoms with Crippen LogP contribution >= 0.6 is 0 Å². The van der Waals surface area contributed by atoms with Crippen LogP contribution < -0.4 is 0 Å². The molecular formula is C44H76O3. The molecule has 0 saturated heterocycles. The van der Waals surface area contributed by atoms with Gasteiger partial charge in [0.25, 0.3) is 0 Å². The summed E-state index contributed by atoms with van der Waals surface area (Å²) in [5, 5.41) is 11.9. The lowest BCUT2D eigenvalue weighted by Crippen LogP contribution is -2.68. The van der Waals surface area contributed by atoms with Gasteiger partial charge in [-0.15, -0.1) is 0 Å². The molecule has 270 valence electrons. The molecule has 0 heterocycles. The number of fused-ring (bicyclic) bond motifs is 7. The summed E-state index contributed by atoms with van der Waals surface area (Å²) in [4.78, 5) is 13.1. The SMILES string of the molecule is C=C(C)[C@@H]1CC[C@@]2(C)[C@H]1[C@@H]1CC[C@@H]3[C@@]4(C)CC[C@H](OC(=O)CCCCCCCCCCCCC)C(C)(C)[C@@H]4CC[C@@]3(C)[C@]1(C)C[C@@H]2O. The highest BCUT2D eigenvalue weighted by atomic mass is 16.5. The summed E-state index contributed by atoms with van der Waals surface area (Å²) in [7, 11) is 0. The summed E-state index contributed by atoms with van der Waals surface area (Å²) in [6.07, 6.45) is 25.3. The molecule has 11 atom stereocenters. The lowest BCUT2D eigenvalue weighted by molar-refractivity contribution is -0.262. The Morgan fingerprint density at radius 2 is 1.32 bits per heavy atom. The maximum atomic E-state index is 13.1. The molecule has 1 N–H and O–H groups in total. The van der Waals surface area contributed by atoms with Crippen LogP contribution in [-0.4, -0.2) is 23.3 Å². The first-order valence-corrected chi connectivity index (χ1v) is 20.7. The standard InChI is InChI=1S/C44H76O3/c1-10-11-12-13-14-15-16-17-18-19-20-21-38(46)47-37-26-28-41(6)34(40(37,4)5)25-29-43(8)35(41)23-22-33-39-32(31(2)3)24-27-42(39,7)36(45)30-44(33,43)9/h32-37,39,45H,2,10-30H2,1,3-9H3/t32-,33-,34-,35+,36-,37-,39+,41-,42+,43+,44+/m0/s1. The average Bonchev–Trinajstić information content (AvgIpc) is 3.37. The van der Waals surface area contributed by atoms with Gasteiger partial charge in [-0.25, -0.2) is 0 Å². The van der Waals surface area contributed by atoms with Crippen LogP contribution in [-0.2, 0) is 9.53 Å². The van der Waals surface area contributed by atoms with E-state index in [1.54, 1.807) is 0 Å². The van der Waals surface area contributed by atoms with Gasteiger partial charge < -0.3 is 9.84 Å². The number of ether oxygens (including phenoxy) is 1. The lowest BCUT2D eigenvalue weighted by atomic mass is 9.32. The Hall–Kier alpha value is -0.830. The van der Waals surface area contributed by atoms with Gasteiger partial charge in [-0.1, -0.05) is 125 Å². The van der Waals surface area contributed by atoms with Gasteiger partial charge in [0.15, 0.2) is 0 Å². The lowest BCUT2D eigenvalue weighted by Gasteiger charge is -2.73. The highest BCUT2D eigenvalue weighted by Crippen LogP contribution is 2.77. The molecule has 5 aliphatic rings. The van der Waals surface area contributed by atoms with E-state index in [0.29, 0.717) is 36.0 Å². The van der Waals surface area contributed by atoms with Gasteiger partial charge in [-0.3, -0.25) is 4.79 Å². The molecule has 0 spiro atoms. The molecule has 5 saturated carbocycles. The second-order valence-corrected chi connectivity index (χ2v) is 19.5. The van der Waals surface area contributed by atoms with Crippen molar-refractivity contribution in [2.45, 2.75) is 202 Å². The Morgan fingerprint density at radius 1 is 0.723 bits per heavy atom. The fourth-order valence-corrected chi connectivity index (χ4v) is 13.9. The van der Waals surface area contributed by atoms with Crippen LogP contribution in [0, 0.1) is 56.7 Å². The number of allylic oxidation sites excluding steroid dienone is 1. The Morgan fingerprint density at radius 3 is 1.94 bits per heavy atom. The summed E-state index contributed by atoms with van der Waals surface area (Å²) in [6.45, 7) is 24.2. The first kappa shape index (κ1) is 37.4. The second kappa shape index (κ2) is 14.4. The fourth-order valence-electron chi connectivity index (χ4n) is 13.9. The number of carbonyl (C=O) groups is 1. The molecule has 0 radical (unpaired) electrons. The summed E-state index contributed by atoms with van der Waals surface area (Å²) in [5.74, 6) is 3.05. The first-order chi connectivity index (χ1) is 22.2. The van der Waals surface area contributed by atoms with Gasteiger partial charge in [0.05, 0.1) is 6.10 Å². The van der Waals surface area contributed by atoms with E-state index in [1.807, 2.05) is 0 Å². The summed E-state index contributed by atoms with van der Waals surface area (Å²) < 4.78 is 6.39. The number of aliphatic hydroxyl groups is 1. The number of esters is 1. The largest absolute Gasteiger partial charge is 0.462 e. The molecule has 0 aromatic rings. The van der Waals surface area contributed by atoms with Crippen molar-refractivity contribution in [2.75, 3.05) is 0 Å². The molecule has 0 aromatic carbocycles. The Kier molecular flexibility index (Phi) is 11.5. The molecule has 0 aromatic heterocycles. The highest BCUT2D eigenvalue weighted by molar-refractivity contribution is 5.69. The molecule has 3 heteroatoms. The zero-order valence-electron chi connectivity index (χ0n) is 32.4.